The quantitative estimate of drug-likeness (QED) is 0.709. The number of rotatable bonds is 1. The van der Waals surface area contributed by atoms with E-state index in [0.717, 1.165) is 12.8 Å². The van der Waals surface area contributed by atoms with E-state index in [1.54, 1.807) is 6.92 Å². The van der Waals surface area contributed by atoms with Gasteiger partial charge in [0.2, 0.25) is 5.91 Å². The van der Waals surface area contributed by atoms with Gasteiger partial charge in [0.05, 0.1) is 0 Å². The van der Waals surface area contributed by atoms with Crippen molar-refractivity contribution in [2.75, 3.05) is 0 Å². The lowest BCUT2D eigenvalue weighted by Crippen LogP contribution is -2.54. The maximum absolute atomic E-state index is 11.2. The molecule has 0 saturated heterocycles. The number of nitrogens with one attached hydrogen (secondary N) is 1. The Hall–Kier alpha value is -0.530. The van der Waals surface area contributed by atoms with Crippen LogP contribution in [0.5, 0.6) is 0 Å². The van der Waals surface area contributed by atoms with Gasteiger partial charge in [-0.3, -0.25) is 4.79 Å². The van der Waals surface area contributed by atoms with Crippen LogP contribution in [0.25, 0.3) is 0 Å². The van der Waals surface area contributed by atoms with Crippen LogP contribution in [0.15, 0.2) is 0 Å². The number of carbonyl (C=O) groups is 1. The van der Waals surface area contributed by atoms with Crippen molar-refractivity contribution in [3.05, 3.63) is 0 Å². The summed E-state index contributed by atoms with van der Waals surface area (Å²) < 4.78 is 0. The predicted octanol–water partition coefficient (Wildman–Crippen LogP) is 3.12. The van der Waals surface area contributed by atoms with Gasteiger partial charge >= 0.3 is 0 Å². The summed E-state index contributed by atoms with van der Waals surface area (Å²) in [5.74, 6) is 0.0889. The summed E-state index contributed by atoms with van der Waals surface area (Å²) in [4.78, 5) is 11.2. The smallest absolute Gasteiger partial charge is 0.217 e. The molecule has 0 unspecified atom stereocenters. The highest BCUT2D eigenvalue weighted by atomic mass is 16.1. The lowest BCUT2D eigenvalue weighted by Gasteiger charge is -2.50. The molecule has 0 aliphatic heterocycles. The highest BCUT2D eigenvalue weighted by molar-refractivity contribution is 5.73. The van der Waals surface area contributed by atoms with Crippen molar-refractivity contribution >= 4 is 5.91 Å². The van der Waals surface area contributed by atoms with Gasteiger partial charge < -0.3 is 5.32 Å². The first-order valence-corrected chi connectivity index (χ1v) is 5.83. The lowest BCUT2D eigenvalue weighted by atomic mass is 9.59. The van der Waals surface area contributed by atoms with E-state index in [-0.39, 0.29) is 11.4 Å². The summed E-state index contributed by atoms with van der Waals surface area (Å²) in [6.45, 7) is 13.0. The van der Waals surface area contributed by atoms with Gasteiger partial charge in [0.1, 0.15) is 0 Å². The zero-order valence-corrected chi connectivity index (χ0v) is 11.0. The maximum Gasteiger partial charge on any atom is 0.217 e. The number of carbonyl (C=O) groups excluding carboxylic acids is 1. The second-order valence-corrected chi connectivity index (χ2v) is 7.10. The van der Waals surface area contributed by atoms with Gasteiger partial charge in [-0.15, -0.1) is 0 Å². The first-order valence-electron chi connectivity index (χ1n) is 5.83. The van der Waals surface area contributed by atoms with Gasteiger partial charge in [-0.2, -0.15) is 0 Å². The third-order valence-electron chi connectivity index (χ3n) is 3.17. The van der Waals surface area contributed by atoms with Gasteiger partial charge in [0.25, 0.3) is 0 Å². The molecular formula is C13H25NO. The lowest BCUT2D eigenvalue weighted by molar-refractivity contribution is -0.122. The molecule has 2 nitrogen and oxygen atoms in total. The van der Waals surface area contributed by atoms with Crippen LogP contribution in [0.4, 0.5) is 0 Å². The van der Waals surface area contributed by atoms with Crippen LogP contribution >= 0.6 is 0 Å². The molecule has 0 aromatic heterocycles. The average molecular weight is 211 g/mol. The summed E-state index contributed by atoms with van der Waals surface area (Å²) in [7, 11) is 0. The molecule has 0 aromatic rings. The summed E-state index contributed by atoms with van der Waals surface area (Å²) in [6.07, 6.45) is 3.38. The molecule has 2 heteroatoms. The Bertz CT molecular complexity index is 250. The summed E-state index contributed by atoms with van der Waals surface area (Å²) >= 11 is 0. The van der Waals surface area contributed by atoms with Crippen molar-refractivity contribution in [1.82, 2.24) is 5.32 Å². The van der Waals surface area contributed by atoms with E-state index in [9.17, 15) is 4.79 Å². The molecule has 88 valence electrons. The standard InChI is InChI=1S/C13H25NO/c1-10(15)14-13(6)8-11(2,3)7-12(4,5)9-13/h7-9H2,1-6H3,(H,14,15). The molecule has 1 aliphatic rings. The molecular weight excluding hydrogens is 186 g/mol. The third-order valence-corrected chi connectivity index (χ3v) is 3.17. The van der Waals surface area contributed by atoms with E-state index in [4.69, 9.17) is 0 Å². The van der Waals surface area contributed by atoms with Crippen molar-refractivity contribution in [2.45, 2.75) is 66.3 Å². The number of hydrogen-bond donors (Lipinski definition) is 1. The molecule has 1 saturated carbocycles. The van der Waals surface area contributed by atoms with E-state index >= 15 is 0 Å². The molecule has 0 atom stereocenters. The minimum absolute atomic E-state index is 0.0307. The Morgan fingerprint density at radius 2 is 1.33 bits per heavy atom. The normalized spacial score (nSPS) is 27.1. The van der Waals surface area contributed by atoms with Gasteiger partial charge in [-0.25, -0.2) is 0 Å². The Kier molecular flexibility index (Phi) is 2.92. The fourth-order valence-electron chi connectivity index (χ4n) is 4.11. The van der Waals surface area contributed by atoms with E-state index < -0.39 is 0 Å². The highest BCUT2D eigenvalue weighted by Crippen LogP contribution is 2.49. The first kappa shape index (κ1) is 12.5. The van der Waals surface area contributed by atoms with Gasteiger partial charge in [-0.05, 0) is 37.0 Å². The van der Waals surface area contributed by atoms with Gasteiger partial charge in [0.15, 0.2) is 0 Å². The average Bonchev–Trinajstić information content (AvgIpc) is 1.70. The van der Waals surface area contributed by atoms with Crippen LogP contribution in [-0.2, 0) is 4.79 Å². The predicted molar refractivity (Wildman–Crippen MR) is 63.6 cm³/mol. The van der Waals surface area contributed by atoms with E-state index in [2.05, 4.69) is 39.9 Å². The number of amides is 1. The molecule has 0 aromatic carbocycles. The Balaban J connectivity index is 2.86. The van der Waals surface area contributed by atoms with Crippen molar-refractivity contribution in [2.24, 2.45) is 10.8 Å². The van der Waals surface area contributed by atoms with Crippen LogP contribution in [0, 0.1) is 10.8 Å². The monoisotopic (exact) mass is 211 g/mol. The molecule has 0 heterocycles. The molecule has 0 radical (unpaired) electrons. The SMILES string of the molecule is CC(=O)NC1(C)CC(C)(C)CC(C)(C)C1. The van der Waals surface area contributed by atoms with Crippen LogP contribution in [0.1, 0.15) is 60.8 Å². The van der Waals surface area contributed by atoms with Crippen LogP contribution in [0.3, 0.4) is 0 Å². The van der Waals surface area contributed by atoms with Crippen molar-refractivity contribution in [1.29, 1.82) is 0 Å². The molecule has 0 spiro atoms. The minimum Gasteiger partial charge on any atom is -0.351 e. The third kappa shape index (κ3) is 3.51. The van der Waals surface area contributed by atoms with Crippen LogP contribution in [-0.4, -0.2) is 11.4 Å². The summed E-state index contributed by atoms with van der Waals surface area (Å²) in [6, 6.07) is 0. The molecule has 0 bridgehead atoms. The van der Waals surface area contributed by atoms with Crippen LogP contribution in [0.2, 0.25) is 0 Å². The molecule has 15 heavy (non-hydrogen) atoms. The minimum atomic E-state index is -0.0307. The van der Waals surface area contributed by atoms with Crippen molar-refractivity contribution in [3.63, 3.8) is 0 Å². The Morgan fingerprint density at radius 1 is 0.933 bits per heavy atom. The first-order chi connectivity index (χ1) is 6.54. The van der Waals surface area contributed by atoms with Crippen molar-refractivity contribution in [3.8, 4) is 0 Å². The van der Waals surface area contributed by atoms with E-state index in [1.807, 2.05) is 0 Å². The largest absolute Gasteiger partial charge is 0.351 e. The molecule has 1 aliphatic carbocycles. The Labute approximate surface area is 93.8 Å². The topological polar surface area (TPSA) is 29.1 Å². The molecule has 1 rings (SSSR count). The second kappa shape index (κ2) is 3.50. The summed E-state index contributed by atoms with van der Waals surface area (Å²) in [5.41, 5.74) is 0.606. The van der Waals surface area contributed by atoms with Gasteiger partial charge in [0, 0.05) is 12.5 Å². The Morgan fingerprint density at radius 3 is 1.67 bits per heavy atom. The zero-order valence-electron chi connectivity index (χ0n) is 11.0. The molecule has 1 amide bonds. The molecule has 1 N–H and O–H groups in total. The van der Waals surface area contributed by atoms with E-state index in [0.29, 0.717) is 10.8 Å². The van der Waals surface area contributed by atoms with E-state index in [1.165, 1.54) is 6.42 Å². The van der Waals surface area contributed by atoms with Crippen molar-refractivity contribution < 1.29 is 4.79 Å². The van der Waals surface area contributed by atoms with Crippen LogP contribution < -0.4 is 5.32 Å². The molecule has 1 fully saturated rings. The summed E-state index contributed by atoms with van der Waals surface area (Å²) in [5, 5.41) is 3.13. The highest BCUT2D eigenvalue weighted by Gasteiger charge is 2.45. The zero-order chi connectivity index (χ0) is 11.9. The number of hydrogen-bond acceptors (Lipinski definition) is 1. The maximum atomic E-state index is 11.2. The fraction of sp³-hybridized carbons (Fsp3) is 0.923. The fourth-order valence-corrected chi connectivity index (χ4v) is 4.11. The second-order valence-electron chi connectivity index (χ2n) is 7.10. The van der Waals surface area contributed by atoms with Gasteiger partial charge in [-0.1, -0.05) is 27.7 Å².